The zero-order valence-corrected chi connectivity index (χ0v) is 19.0. The van der Waals surface area contributed by atoms with Crippen molar-refractivity contribution < 1.29 is 4.79 Å². The van der Waals surface area contributed by atoms with Gasteiger partial charge in [0.2, 0.25) is 11.6 Å². The van der Waals surface area contributed by atoms with Gasteiger partial charge in [0, 0.05) is 50.8 Å². The third kappa shape index (κ3) is 4.61. The first kappa shape index (κ1) is 21.9. The third-order valence-corrected chi connectivity index (χ3v) is 5.86. The molecular weight excluding hydrogens is 406 g/mol. The van der Waals surface area contributed by atoms with Crippen molar-refractivity contribution in [3.05, 3.63) is 52.7 Å². The number of benzene rings is 1. The maximum Gasteiger partial charge on any atom is 0.350 e. The summed E-state index contributed by atoms with van der Waals surface area (Å²) < 4.78 is 2.69. The molecular formula is C23H31N7O2. The van der Waals surface area contributed by atoms with Crippen molar-refractivity contribution >= 4 is 23.1 Å². The van der Waals surface area contributed by atoms with E-state index in [0.29, 0.717) is 23.9 Å². The number of aromatic nitrogens is 4. The minimum absolute atomic E-state index is 0.0981. The number of piperazine rings is 1. The average molecular weight is 438 g/mol. The zero-order chi connectivity index (χ0) is 22.7. The molecule has 9 heteroatoms. The van der Waals surface area contributed by atoms with Gasteiger partial charge in [-0.2, -0.15) is 0 Å². The summed E-state index contributed by atoms with van der Waals surface area (Å²) >= 11 is 0. The number of nitrogens with one attached hydrogen (secondary N) is 1. The Kier molecular flexibility index (Phi) is 6.43. The highest BCUT2D eigenvalue weighted by atomic mass is 16.2. The van der Waals surface area contributed by atoms with Gasteiger partial charge in [0.15, 0.2) is 5.82 Å². The molecule has 2 aromatic heterocycles. The van der Waals surface area contributed by atoms with E-state index in [1.54, 1.807) is 12.4 Å². The summed E-state index contributed by atoms with van der Waals surface area (Å²) in [4.78, 5) is 34.1. The number of hydrogen-bond acceptors (Lipinski definition) is 6. The Morgan fingerprint density at radius 2 is 1.84 bits per heavy atom. The van der Waals surface area contributed by atoms with Gasteiger partial charge in [-0.1, -0.05) is 32.0 Å². The molecule has 4 rings (SSSR count). The Bertz CT molecular complexity index is 1140. The first-order chi connectivity index (χ1) is 15.4. The van der Waals surface area contributed by atoms with Crippen LogP contribution < -0.4 is 20.8 Å². The molecule has 170 valence electrons. The van der Waals surface area contributed by atoms with E-state index in [4.69, 9.17) is 0 Å². The molecule has 3 aromatic rings. The van der Waals surface area contributed by atoms with Crippen molar-refractivity contribution in [1.82, 2.24) is 24.5 Å². The maximum atomic E-state index is 12.8. The monoisotopic (exact) mass is 437 g/mol. The van der Waals surface area contributed by atoms with Gasteiger partial charge in [0.25, 0.3) is 0 Å². The molecule has 32 heavy (non-hydrogen) atoms. The molecule has 0 aliphatic carbocycles. The van der Waals surface area contributed by atoms with Gasteiger partial charge < -0.3 is 15.1 Å². The Morgan fingerprint density at radius 3 is 2.56 bits per heavy atom. The van der Waals surface area contributed by atoms with Crippen LogP contribution in [0.25, 0.3) is 5.65 Å². The van der Waals surface area contributed by atoms with E-state index in [1.807, 2.05) is 0 Å². The number of carbonyl (C=O) groups is 1. The molecule has 1 saturated heterocycles. The number of anilines is 2. The highest BCUT2D eigenvalue weighted by Crippen LogP contribution is 2.23. The van der Waals surface area contributed by atoms with Gasteiger partial charge in [0.1, 0.15) is 6.54 Å². The molecule has 0 radical (unpaired) electrons. The lowest BCUT2D eigenvalue weighted by Crippen LogP contribution is -2.47. The van der Waals surface area contributed by atoms with Crippen molar-refractivity contribution in [3.8, 4) is 0 Å². The predicted octanol–water partition coefficient (Wildman–Crippen LogP) is 1.69. The second-order valence-corrected chi connectivity index (χ2v) is 8.68. The van der Waals surface area contributed by atoms with Crippen LogP contribution in [0.5, 0.6) is 0 Å². The van der Waals surface area contributed by atoms with Crippen molar-refractivity contribution in [2.24, 2.45) is 5.92 Å². The minimum Gasteiger partial charge on any atom is -0.368 e. The lowest BCUT2D eigenvalue weighted by atomic mass is 10.1. The van der Waals surface area contributed by atoms with Crippen molar-refractivity contribution in [3.63, 3.8) is 0 Å². The normalized spacial score (nSPS) is 14.4. The second kappa shape index (κ2) is 9.42. The summed E-state index contributed by atoms with van der Waals surface area (Å²) in [5, 5.41) is 7.31. The molecule has 0 spiro atoms. The molecule has 1 aliphatic heterocycles. The van der Waals surface area contributed by atoms with Gasteiger partial charge in [-0.25, -0.2) is 18.9 Å². The number of amides is 1. The summed E-state index contributed by atoms with van der Waals surface area (Å²) in [6.07, 6.45) is 4.12. The largest absolute Gasteiger partial charge is 0.368 e. The van der Waals surface area contributed by atoms with E-state index in [-0.39, 0.29) is 18.1 Å². The smallest absolute Gasteiger partial charge is 0.350 e. The summed E-state index contributed by atoms with van der Waals surface area (Å²) in [6, 6.07) is 8.40. The minimum atomic E-state index is -0.332. The quantitative estimate of drug-likeness (QED) is 0.605. The van der Waals surface area contributed by atoms with E-state index >= 15 is 0 Å². The fourth-order valence-corrected chi connectivity index (χ4v) is 4.03. The first-order valence-corrected chi connectivity index (χ1v) is 11.2. The molecule has 1 aromatic carbocycles. The van der Waals surface area contributed by atoms with Crippen LogP contribution in [0.15, 0.2) is 41.5 Å². The molecule has 1 aliphatic rings. The maximum absolute atomic E-state index is 12.8. The predicted molar refractivity (Wildman–Crippen MR) is 125 cm³/mol. The van der Waals surface area contributed by atoms with E-state index in [9.17, 15) is 9.59 Å². The van der Waals surface area contributed by atoms with Gasteiger partial charge in [-0.05, 0) is 30.9 Å². The summed E-state index contributed by atoms with van der Waals surface area (Å²) in [7, 11) is 0. The van der Waals surface area contributed by atoms with Crippen LogP contribution in [0.2, 0.25) is 0 Å². The highest BCUT2D eigenvalue weighted by Gasteiger charge is 2.23. The number of carbonyl (C=O) groups excluding carboxylic acids is 1. The van der Waals surface area contributed by atoms with Gasteiger partial charge in [-0.15, -0.1) is 5.10 Å². The topological polar surface area (TPSA) is 87.8 Å². The lowest BCUT2D eigenvalue weighted by molar-refractivity contribution is -0.121. The number of fused-ring (bicyclic) bond motifs is 1. The zero-order valence-electron chi connectivity index (χ0n) is 19.0. The van der Waals surface area contributed by atoms with Crippen LogP contribution in [0.3, 0.4) is 0 Å². The van der Waals surface area contributed by atoms with E-state index in [2.05, 4.69) is 70.2 Å². The highest BCUT2D eigenvalue weighted by molar-refractivity contribution is 5.75. The van der Waals surface area contributed by atoms with Gasteiger partial charge in [-0.3, -0.25) is 4.79 Å². The summed E-state index contributed by atoms with van der Waals surface area (Å²) in [5.41, 5.74) is 2.67. The summed E-state index contributed by atoms with van der Waals surface area (Å²) in [5.74, 6) is 0.971. The molecule has 0 unspecified atom stereocenters. The molecule has 3 heterocycles. The standard InChI is InChI=1S/C23H31N7O2/c1-17(2)8-9-24-20(31)16-30-23(32)29-11-10-25-21(22(29)26-30)28-14-12-27(13-15-28)19-7-5-4-6-18(19)3/h4-7,10-11,17H,8-9,12-16H2,1-3H3,(H,24,31). The van der Waals surface area contributed by atoms with Gasteiger partial charge in [0.05, 0.1) is 0 Å². The number of rotatable bonds is 7. The number of nitrogens with zero attached hydrogens (tertiary/aromatic N) is 6. The number of para-hydroxylation sites is 1. The SMILES string of the molecule is Cc1ccccc1N1CCN(c2nccn3c(=O)n(CC(=O)NCCC(C)C)nc23)CC1. The first-order valence-electron chi connectivity index (χ1n) is 11.2. The van der Waals surface area contributed by atoms with Crippen molar-refractivity contribution in [2.45, 2.75) is 33.7 Å². The van der Waals surface area contributed by atoms with Crippen LogP contribution in [0.4, 0.5) is 11.5 Å². The van der Waals surface area contributed by atoms with E-state index < -0.39 is 0 Å². The molecule has 0 saturated carbocycles. The van der Waals surface area contributed by atoms with Crippen LogP contribution in [0, 0.1) is 12.8 Å². The second-order valence-electron chi connectivity index (χ2n) is 8.68. The molecule has 1 fully saturated rings. The Balaban J connectivity index is 1.48. The Labute approximate surface area is 187 Å². The lowest BCUT2D eigenvalue weighted by Gasteiger charge is -2.37. The van der Waals surface area contributed by atoms with E-state index in [1.165, 1.54) is 20.3 Å². The molecule has 0 bridgehead atoms. The van der Waals surface area contributed by atoms with E-state index in [0.717, 1.165) is 32.6 Å². The van der Waals surface area contributed by atoms with Crippen LogP contribution in [-0.2, 0) is 11.3 Å². The van der Waals surface area contributed by atoms with Crippen LogP contribution >= 0.6 is 0 Å². The molecule has 0 atom stereocenters. The van der Waals surface area contributed by atoms with Gasteiger partial charge >= 0.3 is 5.69 Å². The van der Waals surface area contributed by atoms with Crippen molar-refractivity contribution in [1.29, 1.82) is 0 Å². The Morgan fingerprint density at radius 1 is 1.12 bits per heavy atom. The van der Waals surface area contributed by atoms with Crippen LogP contribution in [0.1, 0.15) is 25.8 Å². The van der Waals surface area contributed by atoms with Crippen molar-refractivity contribution in [2.75, 3.05) is 42.5 Å². The molecule has 1 N–H and O–H groups in total. The fourth-order valence-electron chi connectivity index (χ4n) is 4.03. The molecule has 1 amide bonds. The number of hydrogen-bond donors (Lipinski definition) is 1. The molecule has 9 nitrogen and oxygen atoms in total. The summed E-state index contributed by atoms with van der Waals surface area (Å²) in [6.45, 7) is 10.1. The van der Waals surface area contributed by atoms with Crippen LogP contribution in [-0.4, -0.2) is 57.8 Å². The third-order valence-electron chi connectivity index (χ3n) is 5.86. The fraction of sp³-hybridized carbons (Fsp3) is 0.478. The average Bonchev–Trinajstić information content (AvgIpc) is 3.09. The Hall–Kier alpha value is -3.36. The number of aryl methyl sites for hydroxylation is 1.